The van der Waals surface area contributed by atoms with Gasteiger partial charge < -0.3 is 4.74 Å². The first-order chi connectivity index (χ1) is 7.97. The van der Waals surface area contributed by atoms with Crippen molar-refractivity contribution in [2.45, 2.75) is 18.2 Å². The first-order valence-corrected chi connectivity index (χ1v) is 6.56. The normalized spacial score (nSPS) is 11.2. The second-order valence-corrected chi connectivity index (χ2v) is 5.19. The summed E-state index contributed by atoms with van der Waals surface area (Å²) in [5, 5.41) is 0. The van der Waals surface area contributed by atoms with Crippen LogP contribution in [0.3, 0.4) is 0 Å². The summed E-state index contributed by atoms with van der Waals surface area (Å²) < 4.78 is 30.4. The molecule has 0 aliphatic heterocycles. The smallest absolute Gasteiger partial charge is 0.264 e. The standard InChI is InChI=1S/C11H15NO4S/c1-9-5-3-4-6-10(9)17(14,15)12-11(13)7-8-16-2/h3-6H,7-8H2,1-2H3,(H,12,13). The van der Waals surface area contributed by atoms with Gasteiger partial charge in [-0.05, 0) is 18.6 Å². The number of aryl methyl sites for hydroxylation is 1. The Kier molecular flexibility index (Phi) is 4.65. The topological polar surface area (TPSA) is 72.5 Å². The maximum absolute atomic E-state index is 11.9. The molecule has 1 aromatic carbocycles. The average molecular weight is 257 g/mol. The van der Waals surface area contributed by atoms with Crippen molar-refractivity contribution in [1.82, 2.24) is 4.72 Å². The molecule has 0 fully saturated rings. The second-order valence-electron chi connectivity index (χ2n) is 3.54. The average Bonchev–Trinajstić information content (AvgIpc) is 2.26. The number of nitrogens with one attached hydrogen (secondary N) is 1. The van der Waals surface area contributed by atoms with Gasteiger partial charge in [0.25, 0.3) is 10.0 Å². The molecule has 0 heterocycles. The molecule has 0 aliphatic carbocycles. The maximum Gasteiger partial charge on any atom is 0.264 e. The summed E-state index contributed by atoms with van der Waals surface area (Å²) in [6.45, 7) is 1.86. The van der Waals surface area contributed by atoms with Crippen LogP contribution >= 0.6 is 0 Å². The highest BCUT2D eigenvalue weighted by molar-refractivity contribution is 7.90. The summed E-state index contributed by atoms with van der Waals surface area (Å²) in [5.41, 5.74) is 0.597. The molecule has 0 saturated carbocycles. The number of methoxy groups -OCH3 is 1. The van der Waals surface area contributed by atoms with Crippen LogP contribution in [0.15, 0.2) is 29.2 Å². The minimum Gasteiger partial charge on any atom is -0.384 e. The van der Waals surface area contributed by atoms with Gasteiger partial charge in [0.05, 0.1) is 17.9 Å². The van der Waals surface area contributed by atoms with Crippen molar-refractivity contribution in [3.8, 4) is 0 Å². The van der Waals surface area contributed by atoms with Crippen molar-refractivity contribution in [2.24, 2.45) is 0 Å². The molecule has 1 N–H and O–H groups in total. The third-order valence-corrected chi connectivity index (χ3v) is 3.70. The van der Waals surface area contributed by atoms with E-state index < -0.39 is 15.9 Å². The summed E-state index contributed by atoms with van der Waals surface area (Å²) >= 11 is 0. The van der Waals surface area contributed by atoms with E-state index in [1.54, 1.807) is 25.1 Å². The molecule has 1 rings (SSSR count). The molecule has 1 amide bonds. The molecule has 0 aromatic heterocycles. The van der Waals surface area contributed by atoms with Gasteiger partial charge in [-0.1, -0.05) is 18.2 Å². The molecule has 0 aliphatic rings. The molecular weight excluding hydrogens is 242 g/mol. The second kappa shape index (κ2) is 5.79. The number of sulfonamides is 1. The van der Waals surface area contributed by atoms with Crippen molar-refractivity contribution < 1.29 is 17.9 Å². The van der Waals surface area contributed by atoms with Crippen LogP contribution in [0.1, 0.15) is 12.0 Å². The lowest BCUT2D eigenvalue weighted by atomic mass is 10.2. The fourth-order valence-electron chi connectivity index (χ4n) is 1.31. The Morgan fingerprint density at radius 3 is 2.59 bits per heavy atom. The zero-order valence-corrected chi connectivity index (χ0v) is 10.6. The van der Waals surface area contributed by atoms with Gasteiger partial charge in [0.1, 0.15) is 0 Å². The van der Waals surface area contributed by atoms with Gasteiger partial charge in [0, 0.05) is 7.11 Å². The largest absolute Gasteiger partial charge is 0.384 e. The van der Waals surface area contributed by atoms with Crippen LogP contribution in [0.25, 0.3) is 0 Å². The monoisotopic (exact) mass is 257 g/mol. The Bertz CT molecular complexity index is 496. The van der Waals surface area contributed by atoms with Crippen LogP contribution in [0.5, 0.6) is 0 Å². The zero-order chi connectivity index (χ0) is 12.9. The number of amides is 1. The van der Waals surface area contributed by atoms with Crippen LogP contribution in [0.4, 0.5) is 0 Å². The van der Waals surface area contributed by atoms with Gasteiger partial charge in [-0.2, -0.15) is 0 Å². The highest BCUT2D eigenvalue weighted by Gasteiger charge is 2.18. The lowest BCUT2D eigenvalue weighted by Crippen LogP contribution is -2.31. The number of benzene rings is 1. The lowest BCUT2D eigenvalue weighted by Gasteiger charge is -2.08. The molecule has 17 heavy (non-hydrogen) atoms. The first-order valence-electron chi connectivity index (χ1n) is 5.07. The highest BCUT2D eigenvalue weighted by Crippen LogP contribution is 2.13. The highest BCUT2D eigenvalue weighted by atomic mass is 32.2. The first kappa shape index (κ1) is 13.7. The zero-order valence-electron chi connectivity index (χ0n) is 9.76. The van der Waals surface area contributed by atoms with E-state index in [0.717, 1.165) is 0 Å². The predicted molar refractivity (Wildman–Crippen MR) is 63.0 cm³/mol. The number of rotatable bonds is 5. The lowest BCUT2D eigenvalue weighted by molar-refractivity contribution is -0.120. The minimum absolute atomic E-state index is 0.0155. The predicted octanol–water partition coefficient (Wildman–Crippen LogP) is 0.836. The summed E-state index contributed by atoms with van der Waals surface area (Å²) in [6, 6.07) is 6.48. The molecule has 0 bridgehead atoms. The molecule has 0 atom stereocenters. The fourth-order valence-corrected chi connectivity index (χ4v) is 2.57. The van der Waals surface area contributed by atoms with Gasteiger partial charge in [-0.25, -0.2) is 13.1 Å². The number of hydrogen-bond donors (Lipinski definition) is 1. The van der Waals surface area contributed by atoms with Crippen LogP contribution in [-0.4, -0.2) is 28.0 Å². The van der Waals surface area contributed by atoms with E-state index in [0.29, 0.717) is 5.56 Å². The van der Waals surface area contributed by atoms with Crippen molar-refractivity contribution in [2.75, 3.05) is 13.7 Å². The van der Waals surface area contributed by atoms with E-state index >= 15 is 0 Å². The van der Waals surface area contributed by atoms with E-state index in [4.69, 9.17) is 4.74 Å². The molecule has 0 spiro atoms. The minimum atomic E-state index is -3.78. The number of hydrogen-bond acceptors (Lipinski definition) is 4. The Morgan fingerprint density at radius 2 is 2.00 bits per heavy atom. The van der Waals surface area contributed by atoms with E-state index in [-0.39, 0.29) is 17.9 Å². The molecule has 0 unspecified atom stereocenters. The Balaban J connectivity index is 2.83. The van der Waals surface area contributed by atoms with Crippen LogP contribution in [-0.2, 0) is 19.6 Å². The maximum atomic E-state index is 11.9. The summed E-state index contributed by atoms with van der Waals surface area (Å²) in [4.78, 5) is 11.4. The third-order valence-electron chi connectivity index (χ3n) is 2.16. The van der Waals surface area contributed by atoms with Gasteiger partial charge in [-0.3, -0.25) is 4.79 Å². The molecule has 0 saturated heterocycles. The van der Waals surface area contributed by atoms with E-state index in [1.807, 2.05) is 4.72 Å². The SMILES string of the molecule is COCCC(=O)NS(=O)(=O)c1ccccc1C. The van der Waals surface area contributed by atoms with E-state index in [1.165, 1.54) is 13.2 Å². The Labute approximate surface area is 101 Å². The summed E-state index contributed by atoms with van der Waals surface area (Å²) in [7, 11) is -2.33. The van der Waals surface area contributed by atoms with Crippen molar-refractivity contribution in [3.63, 3.8) is 0 Å². The van der Waals surface area contributed by atoms with Crippen molar-refractivity contribution in [1.29, 1.82) is 0 Å². The number of ether oxygens (including phenoxy) is 1. The number of carbonyl (C=O) groups is 1. The van der Waals surface area contributed by atoms with Gasteiger partial charge in [0.2, 0.25) is 5.91 Å². The third kappa shape index (κ3) is 3.83. The van der Waals surface area contributed by atoms with Gasteiger partial charge in [0.15, 0.2) is 0 Å². The molecular formula is C11H15NO4S. The Morgan fingerprint density at radius 1 is 1.35 bits per heavy atom. The summed E-state index contributed by atoms with van der Waals surface area (Å²) in [5.74, 6) is -0.574. The molecule has 94 valence electrons. The number of carbonyl (C=O) groups excluding carboxylic acids is 1. The van der Waals surface area contributed by atoms with Crippen molar-refractivity contribution in [3.05, 3.63) is 29.8 Å². The van der Waals surface area contributed by atoms with Crippen LogP contribution in [0.2, 0.25) is 0 Å². The van der Waals surface area contributed by atoms with Gasteiger partial charge in [-0.15, -0.1) is 0 Å². The van der Waals surface area contributed by atoms with Crippen LogP contribution in [0, 0.1) is 6.92 Å². The Hall–Kier alpha value is -1.40. The molecule has 0 radical (unpaired) electrons. The van der Waals surface area contributed by atoms with E-state index in [2.05, 4.69) is 0 Å². The summed E-state index contributed by atoms with van der Waals surface area (Å²) in [6.07, 6.45) is 0.0155. The molecule has 5 nitrogen and oxygen atoms in total. The fraction of sp³-hybridized carbons (Fsp3) is 0.364. The molecule has 1 aromatic rings. The van der Waals surface area contributed by atoms with E-state index in [9.17, 15) is 13.2 Å². The van der Waals surface area contributed by atoms with Crippen LogP contribution < -0.4 is 4.72 Å². The van der Waals surface area contributed by atoms with Crippen molar-refractivity contribution >= 4 is 15.9 Å². The quantitative estimate of drug-likeness (QED) is 0.848. The van der Waals surface area contributed by atoms with Gasteiger partial charge >= 0.3 is 0 Å². The molecule has 6 heteroatoms.